The Kier molecular flexibility index (Phi) is 20.5. The number of hydrogen-bond donors (Lipinski definition) is 5. The van der Waals surface area contributed by atoms with Crippen molar-refractivity contribution < 1.29 is 82.5 Å². The van der Waals surface area contributed by atoms with Crippen LogP contribution < -0.4 is 0 Å². The van der Waals surface area contributed by atoms with Gasteiger partial charge in [-0.25, -0.2) is 0 Å². The number of rotatable bonds is 13. The van der Waals surface area contributed by atoms with Crippen LogP contribution in [0.15, 0.2) is 23.8 Å². The van der Waals surface area contributed by atoms with Crippen LogP contribution >= 0.6 is 0 Å². The topological polar surface area (TPSA) is 239 Å². The smallest absolute Gasteiger partial charge is 0.308 e. The molecule has 2 unspecified atom stereocenters. The number of hydrogen-bond acceptors (Lipinski definition) is 18. The summed E-state index contributed by atoms with van der Waals surface area (Å²) in [5, 5.41) is 55.8. The zero-order chi connectivity index (χ0) is 47.8. The van der Waals surface area contributed by atoms with E-state index in [1.807, 2.05) is 19.9 Å². The minimum atomic E-state index is -1.49. The van der Waals surface area contributed by atoms with Crippen LogP contribution in [0.3, 0.4) is 0 Å². The lowest BCUT2D eigenvalue weighted by molar-refractivity contribution is -0.341. The molecular weight excluding hydrogens is 838 g/mol. The Balaban J connectivity index is 1.62. The minimum absolute atomic E-state index is 0.00788. The van der Waals surface area contributed by atoms with E-state index in [4.69, 9.17) is 42.6 Å². The molecule has 0 aromatic rings. The molecule has 368 valence electrons. The van der Waals surface area contributed by atoms with E-state index in [0.717, 1.165) is 6.29 Å². The summed E-state index contributed by atoms with van der Waals surface area (Å²) in [6.45, 7) is 13.6. The van der Waals surface area contributed by atoms with Crippen LogP contribution in [0.1, 0.15) is 87.5 Å². The number of ketones is 1. The molecule has 4 rings (SSSR count). The van der Waals surface area contributed by atoms with E-state index in [9.17, 15) is 39.9 Å². The number of aliphatic hydroxyl groups is 5. The highest BCUT2D eigenvalue weighted by Crippen LogP contribution is 2.37. The first-order valence-corrected chi connectivity index (χ1v) is 22.7. The predicted octanol–water partition coefficient (Wildman–Crippen LogP) is 1.83. The van der Waals surface area contributed by atoms with Crippen molar-refractivity contribution in [1.29, 1.82) is 0 Å². The van der Waals surface area contributed by atoms with Crippen LogP contribution in [0.5, 0.6) is 0 Å². The monoisotopic (exact) mass is 916 g/mol. The summed E-state index contributed by atoms with van der Waals surface area (Å²) < 4.78 is 54.7. The molecule has 0 aliphatic carbocycles. The third-order valence-corrected chi connectivity index (χ3v) is 13.4. The summed E-state index contributed by atoms with van der Waals surface area (Å²) in [7, 11) is 6.43. The summed E-state index contributed by atoms with van der Waals surface area (Å²) >= 11 is 0. The summed E-state index contributed by atoms with van der Waals surface area (Å²) in [5.41, 5.74) is -0.806. The maximum Gasteiger partial charge on any atom is 0.308 e. The molecule has 3 saturated heterocycles. The first-order chi connectivity index (χ1) is 30.1. The second-order valence-corrected chi connectivity index (χ2v) is 18.7. The quantitative estimate of drug-likeness (QED) is 0.131. The number of esters is 1. The number of aliphatic hydroxyl groups excluding tert-OH is 4. The molecule has 18 nitrogen and oxygen atoms in total. The van der Waals surface area contributed by atoms with Gasteiger partial charge in [-0.05, 0) is 73.5 Å². The van der Waals surface area contributed by atoms with Crippen LogP contribution in [0.4, 0.5) is 0 Å². The molecule has 0 saturated carbocycles. The number of cyclic esters (lactones) is 1. The summed E-state index contributed by atoms with van der Waals surface area (Å²) in [6, 6.07) is -0.748. The number of carbonyl (C=O) groups excluding carboxylic acids is 3. The highest BCUT2D eigenvalue weighted by Gasteiger charge is 2.52. The van der Waals surface area contributed by atoms with Gasteiger partial charge in [-0.1, -0.05) is 38.5 Å². The van der Waals surface area contributed by atoms with E-state index < -0.39 is 140 Å². The first-order valence-electron chi connectivity index (χ1n) is 22.7. The van der Waals surface area contributed by atoms with Crippen molar-refractivity contribution in [2.75, 3.05) is 34.9 Å². The maximum atomic E-state index is 13.8. The molecule has 0 bridgehead atoms. The number of likely N-dealkylation sites (N-methyl/N-ethyl adjacent to an activating group) is 1. The second-order valence-electron chi connectivity index (χ2n) is 18.7. The minimum Gasteiger partial charge on any atom is -0.462 e. The van der Waals surface area contributed by atoms with Gasteiger partial charge in [0.2, 0.25) is 0 Å². The lowest BCUT2D eigenvalue weighted by Crippen LogP contribution is -2.65. The number of methoxy groups -OCH3 is 2. The lowest BCUT2D eigenvalue weighted by atomic mass is 9.79. The fourth-order valence-electron chi connectivity index (χ4n) is 9.51. The van der Waals surface area contributed by atoms with Crippen LogP contribution in [0.2, 0.25) is 0 Å². The van der Waals surface area contributed by atoms with Crippen molar-refractivity contribution in [3.63, 3.8) is 0 Å². The Bertz CT molecular complexity index is 1560. The standard InChI is InChI=1S/C46H77NO17/c1-13-33-30(22-58-45-42(57-12)41(56-11)37(52)26(5)60-45)18-23(2)14-15-31(49)24(3)19-29(16-17-48)39(25(4)32(50)20-34(51)62-33)64-44-38(53)36(47(9)10)40(27(6)61-44)63-35-21-46(8,55)43(54)28(7)59-35/h14-15,17-18,24-30,32-33,35-45,50,52-55H,13,16,19-22H2,1-12H3/b15-14-,23-18-/t24-,25+,26?,27-,28+,29+,30-,32-,33?,35+,36-,37-,38-,39-,40-,41-,42-,43+,44+,45-,46-/m1/s1. The molecule has 4 aliphatic heterocycles. The highest BCUT2D eigenvalue weighted by atomic mass is 16.7. The summed E-state index contributed by atoms with van der Waals surface area (Å²) in [6.07, 6.45) is -8.49. The zero-order valence-electron chi connectivity index (χ0n) is 39.7. The summed E-state index contributed by atoms with van der Waals surface area (Å²) in [4.78, 5) is 41.5. The molecule has 0 amide bonds. The van der Waals surface area contributed by atoms with E-state index in [1.165, 1.54) is 27.2 Å². The van der Waals surface area contributed by atoms with Crippen molar-refractivity contribution in [2.24, 2.45) is 23.7 Å². The van der Waals surface area contributed by atoms with Gasteiger partial charge < -0.3 is 77.9 Å². The fraction of sp³-hybridized carbons (Fsp3) is 0.848. The molecule has 5 N–H and O–H groups in total. The van der Waals surface area contributed by atoms with Gasteiger partial charge in [-0.3, -0.25) is 9.59 Å². The Morgan fingerprint density at radius 3 is 2.11 bits per heavy atom. The largest absolute Gasteiger partial charge is 0.462 e. The van der Waals surface area contributed by atoms with Gasteiger partial charge in [-0.15, -0.1) is 0 Å². The van der Waals surface area contributed by atoms with Crippen LogP contribution in [-0.4, -0.2) is 187 Å². The first kappa shape index (κ1) is 54.3. The molecule has 3 fully saturated rings. The molecule has 0 aromatic carbocycles. The molecule has 4 aliphatic rings. The molecule has 18 heteroatoms. The second kappa shape index (κ2) is 24.1. The normalized spacial score (nSPS) is 45.9. The number of allylic oxidation sites excluding steroid dienone is 3. The number of carbonyl (C=O) groups is 3. The van der Waals surface area contributed by atoms with Crippen molar-refractivity contribution in [2.45, 2.75) is 191 Å². The number of nitrogens with zero attached hydrogens (tertiary/aromatic N) is 1. The van der Waals surface area contributed by atoms with Crippen molar-refractivity contribution in [3.8, 4) is 0 Å². The van der Waals surface area contributed by atoms with Crippen molar-refractivity contribution >= 4 is 18.0 Å². The molecule has 21 atom stereocenters. The Morgan fingerprint density at radius 1 is 0.859 bits per heavy atom. The summed E-state index contributed by atoms with van der Waals surface area (Å²) in [5.74, 6) is -3.59. The van der Waals surface area contributed by atoms with Crippen LogP contribution in [0.25, 0.3) is 0 Å². The van der Waals surface area contributed by atoms with Gasteiger partial charge in [0, 0.05) is 44.8 Å². The van der Waals surface area contributed by atoms with Gasteiger partial charge in [0.1, 0.15) is 49.0 Å². The van der Waals surface area contributed by atoms with Gasteiger partial charge in [-0.2, -0.15) is 0 Å². The molecule has 0 aromatic heterocycles. The van der Waals surface area contributed by atoms with E-state index in [1.54, 1.807) is 59.7 Å². The van der Waals surface area contributed by atoms with Gasteiger partial charge >= 0.3 is 5.97 Å². The Morgan fingerprint density at radius 2 is 1.52 bits per heavy atom. The van der Waals surface area contributed by atoms with E-state index >= 15 is 0 Å². The lowest BCUT2D eigenvalue weighted by Gasteiger charge is -2.50. The van der Waals surface area contributed by atoms with Crippen molar-refractivity contribution in [3.05, 3.63) is 23.8 Å². The SMILES string of the molecule is CCC1OC(=O)C[C@@H](O)[C@H](C)[C@@H](O[C@@H]2O[C@H](C)[C@@H](O[C@H]3C[C@@](C)(O)[C@@H](O)[C@H](C)O3)[C@H](N(C)C)[C@H]2O)[C@@H](CC=O)C[C@@H](C)C(=O)/C=C\C(C)=C/[C@@H]1CO[C@@H]1OC(C)[C@@H](O)[C@@H](OC)[C@H]1OC. The van der Waals surface area contributed by atoms with Crippen LogP contribution in [-0.2, 0) is 57.0 Å². The number of ether oxygens (including phenoxy) is 9. The van der Waals surface area contributed by atoms with E-state index in [0.29, 0.717) is 12.0 Å². The average molecular weight is 916 g/mol. The van der Waals surface area contributed by atoms with Crippen molar-refractivity contribution in [1.82, 2.24) is 4.90 Å². The third-order valence-electron chi connectivity index (χ3n) is 13.4. The maximum absolute atomic E-state index is 13.8. The molecular formula is C46H77NO17. The highest BCUT2D eigenvalue weighted by molar-refractivity contribution is 5.91. The van der Waals surface area contributed by atoms with E-state index in [2.05, 4.69) is 0 Å². The fourth-order valence-corrected chi connectivity index (χ4v) is 9.51. The number of aldehydes is 1. The zero-order valence-corrected chi connectivity index (χ0v) is 39.7. The third kappa shape index (κ3) is 13.5. The Labute approximate surface area is 378 Å². The average Bonchev–Trinajstić information content (AvgIpc) is 3.23. The van der Waals surface area contributed by atoms with Crippen LogP contribution in [0, 0.1) is 23.7 Å². The van der Waals surface area contributed by atoms with E-state index in [-0.39, 0.29) is 31.7 Å². The molecule has 0 radical (unpaired) electrons. The molecule has 0 spiro atoms. The molecule has 4 heterocycles. The van der Waals surface area contributed by atoms with Gasteiger partial charge in [0.05, 0.1) is 55.2 Å². The molecule has 64 heavy (non-hydrogen) atoms. The van der Waals surface area contributed by atoms with Gasteiger partial charge in [0.15, 0.2) is 24.7 Å². The Hall–Kier alpha value is -2.27. The van der Waals surface area contributed by atoms with Gasteiger partial charge in [0.25, 0.3) is 0 Å². The predicted molar refractivity (Wildman–Crippen MR) is 230 cm³/mol.